The van der Waals surface area contributed by atoms with Crippen molar-refractivity contribution in [3.63, 3.8) is 0 Å². The number of rotatable bonds is 7. The van der Waals surface area contributed by atoms with Crippen LogP contribution in [-0.4, -0.2) is 72.6 Å². The van der Waals surface area contributed by atoms with E-state index in [-0.39, 0.29) is 6.10 Å². The molecule has 0 amide bonds. The van der Waals surface area contributed by atoms with Crippen molar-refractivity contribution >= 4 is 22.9 Å². The number of morpholine rings is 1. The first kappa shape index (κ1) is 21.8. The first-order valence-electron chi connectivity index (χ1n) is 11.3. The Labute approximate surface area is 192 Å². The summed E-state index contributed by atoms with van der Waals surface area (Å²) < 4.78 is 22.9. The second-order valence-corrected chi connectivity index (χ2v) is 8.62. The highest BCUT2D eigenvalue weighted by Gasteiger charge is 2.33. The fourth-order valence-corrected chi connectivity index (χ4v) is 4.01. The topological polar surface area (TPSA) is 94.1 Å². The van der Waals surface area contributed by atoms with Crippen molar-refractivity contribution in [2.45, 2.75) is 32.3 Å². The van der Waals surface area contributed by atoms with E-state index >= 15 is 0 Å². The molecule has 2 saturated heterocycles. The van der Waals surface area contributed by atoms with Gasteiger partial charge in [-0.1, -0.05) is 18.2 Å². The Balaban J connectivity index is 1.32. The number of nitrogens with zero attached hydrogens (tertiary/aromatic N) is 4. The molecule has 9 nitrogen and oxygen atoms in total. The van der Waals surface area contributed by atoms with Crippen molar-refractivity contribution in [1.29, 1.82) is 0 Å². The van der Waals surface area contributed by atoms with Gasteiger partial charge in [-0.15, -0.1) is 0 Å². The van der Waals surface area contributed by atoms with Crippen LogP contribution in [0.25, 0.3) is 10.9 Å². The number of aliphatic imine (C=N–C) groups is 1. The maximum absolute atomic E-state index is 5.92. The second-order valence-electron chi connectivity index (χ2n) is 8.62. The van der Waals surface area contributed by atoms with Crippen LogP contribution < -0.4 is 9.64 Å². The summed E-state index contributed by atoms with van der Waals surface area (Å²) >= 11 is 0. The summed E-state index contributed by atoms with van der Waals surface area (Å²) in [5, 5.41) is 1.14. The van der Waals surface area contributed by atoms with Gasteiger partial charge in [-0.25, -0.2) is 0 Å². The van der Waals surface area contributed by atoms with Gasteiger partial charge in [-0.2, -0.15) is 9.97 Å². The number of aromatic amines is 1. The number of hydrogen-bond donors (Lipinski definition) is 1. The van der Waals surface area contributed by atoms with Crippen molar-refractivity contribution in [2.75, 3.05) is 44.4 Å². The second kappa shape index (κ2) is 9.46. The highest BCUT2D eigenvalue weighted by Crippen LogP contribution is 2.24. The van der Waals surface area contributed by atoms with E-state index in [1.54, 1.807) is 0 Å². The fraction of sp³-hybridized carbons (Fsp3) is 0.458. The Bertz CT molecular complexity index is 1120. The van der Waals surface area contributed by atoms with Gasteiger partial charge in [0.05, 0.1) is 32.1 Å². The molecule has 33 heavy (non-hydrogen) atoms. The lowest BCUT2D eigenvalue weighted by atomic mass is 10.2. The molecule has 2 fully saturated rings. The van der Waals surface area contributed by atoms with Crippen LogP contribution in [0.1, 0.15) is 25.1 Å². The standard InChI is InChI=1S/C24H29N5O4/c1-24(2)32-16-19(33-24)15-31-23-27-18(11-22(28-23)29-7-9-30-10-8-29)14-25-12-17-13-26-21-6-4-3-5-20(17)21/h3-6,11-13,19,26H,7-10,14-16H2,1-2H3. The van der Waals surface area contributed by atoms with Crippen molar-refractivity contribution in [1.82, 2.24) is 15.0 Å². The zero-order chi connectivity index (χ0) is 22.7. The largest absolute Gasteiger partial charge is 0.461 e. The van der Waals surface area contributed by atoms with Crippen LogP contribution >= 0.6 is 0 Å². The highest BCUT2D eigenvalue weighted by atomic mass is 16.7. The quantitative estimate of drug-likeness (QED) is 0.552. The summed E-state index contributed by atoms with van der Waals surface area (Å²) in [6, 6.07) is 10.5. The lowest BCUT2D eigenvalue weighted by Gasteiger charge is -2.28. The van der Waals surface area contributed by atoms with Crippen LogP contribution in [0.5, 0.6) is 6.01 Å². The molecular formula is C24H29N5O4. The van der Waals surface area contributed by atoms with Gasteiger partial charge in [0.25, 0.3) is 0 Å². The minimum Gasteiger partial charge on any atom is -0.461 e. The molecule has 3 aromatic rings. The number of hydrogen-bond acceptors (Lipinski definition) is 8. The molecule has 174 valence electrons. The molecule has 0 bridgehead atoms. The SMILES string of the molecule is CC1(C)OCC(COc2nc(CN=Cc3c[nH]c4ccccc34)cc(N3CCOCC3)n2)O1. The average Bonchev–Trinajstić information content (AvgIpc) is 3.41. The Kier molecular flexibility index (Phi) is 6.26. The number of anilines is 1. The number of fused-ring (bicyclic) bond motifs is 1. The van der Waals surface area contributed by atoms with Crippen molar-refractivity contribution in [2.24, 2.45) is 4.99 Å². The van der Waals surface area contributed by atoms with Crippen molar-refractivity contribution < 1.29 is 18.9 Å². The van der Waals surface area contributed by atoms with E-state index in [2.05, 4.69) is 37.0 Å². The minimum absolute atomic E-state index is 0.154. The first-order chi connectivity index (χ1) is 16.1. The lowest BCUT2D eigenvalue weighted by molar-refractivity contribution is -0.141. The predicted molar refractivity (Wildman–Crippen MR) is 125 cm³/mol. The average molecular weight is 452 g/mol. The van der Waals surface area contributed by atoms with Gasteiger partial charge in [0, 0.05) is 48.0 Å². The Hall–Kier alpha value is -3.01. The van der Waals surface area contributed by atoms with E-state index in [1.165, 1.54) is 0 Å². The number of para-hydroxylation sites is 1. The van der Waals surface area contributed by atoms with Gasteiger partial charge in [0.1, 0.15) is 18.5 Å². The third kappa shape index (κ3) is 5.32. The van der Waals surface area contributed by atoms with Gasteiger partial charge in [0.2, 0.25) is 0 Å². The Morgan fingerprint density at radius 3 is 2.91 bits per heavy atom. The van der Waals surface area contributed by atoms with Crippen LogP contribution in [0, 0.1) is 0 Å². The summed E-state index contributed by atoms with van der Waals surface area (Å²) in [6.45, 7) is 7.94. The van der Waals surface area contributed by atoms with Crippen LogP contribution in [0.15, 0.2) is 41.5 Å². The summed E-state index contributed by atoms with van der Waals surface area (Å²) in [6.07, 6.45) is 3.69. The molecule has 0 radical (unpaired) electrons. The number of ether oxygens (including phenoxy) is 4. The zero-order valence-electron chi connectivity index (χ0n) is 19.0. The molecule has 2 aliphatic rings. The summed E-state index contributed by atoms with van der Waals surface area (Å²) in [5.41, 5.74) is 2.93. The smallest absolute Gasteiger partial charge is 0.318 e. The van der Waals surface area contributed by atoms with Crippen molar-refractivity contribution in [3.8, 4) is 6.01 Å². The van der Waals surface area contributed by atoms with Gasteiger partial charge < -0.3 is 28.8 Å². The third-order valence-electron chi connectivity index (χ3n) is 5.65. The number of H-pyrrole nitrogens is 1. The maximum Gasteiger partial charge on any atom is 0.318 e. The normalized spacial score (nSPS) is 20.7. The van der Waals surface area contributed by atoms with Crippen molar-refractivity contribution in [3.05, 3.63) is 47.8 Å². The molecule has 2 aromatic heterocycles. The molecule has 2 aliphatic heterocycles. The monoisotopic (exact) mass is 451 g/mol. The fourth-order valence-electron chi connectivity index (χ4n) is 4.01. The molecule has 1 atom stereocenters. The van der Waals surface area contributed by atoms with Crippen LogP contribution in [0.2, 0.25) is 0 Å². The summed E-state index contributed by atoms with van der Waals surface area (Å²) in [4.78, 5) is 19.3. The molecular weight excluding hydrogens is 422 g/mol. The molecule has 0 aliphatic carbocycles. The molecule has 1 unspecified atom stereocenters. The predicted octanol–water partition coefficient (Wildman–Crippen LogP) is 2.94. The van der Waals surface area contributed by atoms with E-state index in [0.717, 1.165) is 41.1 Å². The van der Waals surface area contributed by atoms with Crippen LogP contribution in [0.3, 0.4) is 0 Å². The van der Waals surface area contributed by atoms with Gasteiger partial charge in [-0.05, 0) is 19.9 Å². The van der Waals surface area contributed by atoms with E-state index in [4.69, 9.17) is 18.9 Å². The Morgan fingerprint density at radius 1 is 1.24 bits per heavy atom. The highest BCUT2D eigenvalue weighted by molar-refractivity contribution is 5.98. The first-order valence-corrected chi connectivity index (χ1v) is 11.3. The zero-order valence-corrected chi connectivity index (χ0v) is 19.0. The number of benzene rings is 1. The molecule has 4 heterocycles. The molecule has 9 heteroatoms. The molecule has 0 spiro atoms. The molecule has 5 rings (SSSR count). The van der Waals surface area contributed by atoms with Gasteiger partial charge in [-0.3, -0.25) is 4.99 Å². The van der Waals surface area contributed by atoms with Gasteiger partial charge >= 0.3 is 6.01 Å². The number of nitrogens with one attached hydrogen (secondary N) is 1. The molecule has 0 saturated carbocycles. The Morgan fingerprint density at radius 2 is 2.09 bits per heavy atom. The van der Waals surface area contributed by atoms with E-state index < -0.39 is 5.79 Å². The van der Waals surface area contributed by atoms with Gasteiger partial charge in [0.15, 0.2) is 5.79 Å². The minimum atomic E-state index is -0.590. The molecule has 1 aromatic carbocycles. The molecule has 1 N–H and O–H groups in total. The summed E-state index contributed by atoms with van der Waals surface area (Å²) in [5.74, 6) is 0.233. The summed E-state index contributed by atoms with van der Waals surface area (Å²) in [7, 11) is 0. The van der Waals surface area contributed by atoms with Crippen LogP contribution in [0.4, 0.5) is 5.82 Å². The van der Waals surface area contributed by atoms with E-state index in [9.17, 15) is 0 Å². The van der Waals surface area contributed by atoms with E-state index in [1.807, 2.05) is 44.5 Å². The maximum atomic E-state index is 5.92. The van der Waals surface area contributed by atoms with Crippen LogP contribution in [-0.2, 0) is 20.8 Å². The number of aromatic nitrogens is 3. The third-order valence-corrected chi connectivity index (χ3v) is 5.65. The lowest BCUT2D eigenvalue weighted by Crippen LogP contribution is -2.37. The van der Waals surface area contributed by atoms with E-state index in [0.29, 0.717) is 39.0 Å².